The smallest absolute Gasteiger partial charge is 0.407 e. The van der Waals surface area contributed by atoms with Gasteiger partial charge in [0.05, 0.1) is 0 Å². The molecule has 1 aliphatic carbocycles. The van der Waals surface area contributed by atoms with Gasteiger partial charge in [-0.15, -0.1) is 0 Å². The lowest BCUT2D eigenvalue weighted by atomic mass is 9.98. The van der Waals surface area contributed by atoms with Crippen molar-refractivity contribution in [1.82, 2.24) is 10.6 Å². The fourth-order valence-corrected chi connectivity index (χ4v) is 4.35. The van der Waals surface area contributed by atoms with E-state index in [1.165, 1.54) is 22.3 Å². The zero-order valence-electron chi connectivity index (χ0n) is 20.0. The normalized spacial score (nSPS) is 14.1. The van der Waals surface area contributed by atoms with Crippen LogP contribution in [0.3, 0.4) is 0 Å². The summed E-state index contributed by atoms with van der Waals surface area (Å²) >= 11 is 0. The Hall–Kier alpha value is -3.35. The maximum Gasteiger partial charge on any atom is 0.407 e. The number of aliphatic carboxylic acids is 1. The molecule has 0 bridgehead atoms. The van der Waals surface area contributed by atoms with Gasteiger partial charge in [0.25, 0.3) is 0 Å². The van der Waals surface area contributed by atoms with Crippen LogP contribution in [0.25, 0.3) is 11.1 Å². The largest absolute Gasteiger partial charge is 0.480 e. The number of rotatable bonds is 11. The molecule has 2 aromatic carbocycles. The van der Waals surface area contributed by atoms with Crippen molar-refractivity contribution < 1.29 is 24.2 Å². The molecule has 2 amide bonds. The first-order valence-electron chi connectivity index (χ1n) is 11.9. The lowest BCUT2D eigenvalue weighted by Crippen LogP contribution is -2.44. The van der Waals surface area contributed by atoms with Crippen molar-refractivity contribution in [3.63, 3.8) is 0 Å². The summed E-state index contributed by atoms with van der Waals surface area (Å²) in [6.45, 7) is 6.25. The molecule has 2 atom stereocenters. The Morgan fingerprint density at radius 1 is 0.941 bits per heavy atom. The van der Waals surface area contributed by atoms with Gasteiger partial charge in [-0.1, -0.05) is 69.3 Å². The maximum absolute atomic E-state index is 12.3. The number of ether oxygens (including phenoxy) is 1. The van der Waals surface area contributed by atoms with Gasteiger partial charge in [0, 0.05) is 18.9 Å². The van der Waals surface area contributed by atoms with Crippen LogP contribution in [-0.2, 0) is 14.3 Å². The minimum absolute atomic E-state index is 0.0241. The first-order valence-corrected chi connectivity index (χ1v) is 11.9. The van der Waals surface area contributed by atoms with Gasteiger partial charge < -0.3 is 20.5 Å². The van der Waals surface area contributed by atoms with Crippen LogP contribution in [-0.4, -0.2) is 42.3 Å². The summed E-state index contributed by atoms with van der Waals surface area (Å²) in [7, 11) is 0. The van der Waals surface area contributed by atoms with Gasteiger partial charge in [0.1, 0.15) is 12.6 Å². The van der Waals surface area contributed by atoms with E-state index in [4.69, 9.17) is 4.74 Å². The molecular weight excluding hydrogens is 432 g/mol. The first kappa shape index (κ1) is 25.3. The second-order valence-electron chi connectivity index (χ2n) is 9.31. The quantitative estimate of drug-likeness (QED) is 0.450. The molecule has 2 aromatic rings. The van der Waals surface area contributed by atoms with Crippen molar-refractivity contribution in [3.05, 3.63) is 59.7 Å². The van der Waals surface area contributed by atoms with E-state index in [1.807, 2.05) is 31.2 Å². The lowest BCUT2D eigenvalue weighted by molar-refractivity contribution is -0.143. The Morgan fingerprint density at radius 3 is 2.09 bits per heavy atom. The van der Waals surface area contributed by atoms with Crippen molar-refractivity contribution in [2.75, 3.05) is 13.2 Å². The number of carbonyl (C=O) groups is 3. The third-order valence-corrected chi connectivity index (χ3v) is 6.36. The summed E-state index contributed by atoms with van der Waals surface area (Å²) in [4.78, 5) is 35.5. The highest BCUT2D eigenvalue weighted by molar-refractivity contribution is 5.83. The average molecular weight is 467 g/mol. The van der Waals surface area contributed by atoms with E-state index >= 15 is 0 Å². The van der Waals surface area contributed by atoms with Gasteiger partial charge in [-0.25, -0.2) is 9.59 Å². The summed E-state index contributed by atoms with van der Waals surface area (Å²) in [6, 6.07) is 15.5. The molecule has 0 aromatic heterocycles. The van der Waals surface area contributed by atoms with Crippen LogP contribution in [0.4, 0.5) is 4.79 Å². The predicted molar refractivity (Wildman–Crippen MR) is 130 cm³/mol. The molecule has 3 rings (SSSR count). The number of carboxylic acid groups (broad SMARTS) is 1. The summed E-state index contributed by atoms with van der Waals surface area (Å²) in [5.41, 5.74) is 4.72. The first-order chi connectivity index (χ1) is 16.3. The van der Waals surface area contributed by atoms with E-state index in [1.54, 1.807) is 13.8 Å². The molecule has 0 aliphatic heterocycles. The Morgan fingerprint density at radius 2 is 1.53 bits per heavy atom. The second-order valence-corrected chi connectivity index (χ2v) is 9.31. The van der Waals surface area contributed by atoms with Crippen LogP contribution >= 0.6 is 0 Å². The molecular formula is C27H34N2O5. The molecule has 0 saturated carbocycles. The van der Waals surface area contributed by atoms with Crippen molar-refractivity contribution in [2.24, 2.45) is 11.8 Å². The topological polar surface area (TPSA) is 105 Å². The summed E-state index contributed by atoms with van der Waals surface area (Å²) < 4.78 is 5.54. The van der Waals surface area contributed by atoms with Crippen molar-refractivity contribution in [2.45, 2.75) is 52.0 Å². The third kappa shape index (κ3) is 6.37. The van der Waals surface area contributed by atoms with Crippen LogP contribution in [0.15, 0.2) is 48.5 Å². The molecule has 0 fully saturated rings. The van der Waals surface area contributed by atoms with Crippen LogP contribution in [0.1, 0.15) is 57.1 Å². The van der Waals surface area contributed by atoms with Gasteiger partial charge in [0.15, 0.2) is 0 Å². The molecule has 0 radical (unpaired) electrons. The van der Waals surface area contributed by atoms with Crippen LogP contribution in [0.5, 0.6) is 0 Å². The van der Waals surface area contributed by atoms with E-state index in [2.05, 4.69) is 34.9 Å². The molecule has 1 unspecified atom stereocenters. The predicted octanol–water partition coefficient (Wildman–Crippen LogP) is 4.56. The minimum Gasteiger partial charge on any atom is -0.480 e. The molecule has 0 spiro atoms. The SMILES string of the molecule is CC(CCNC(=O)OCC1c2ccccc2-c2ccccc21)CCC(=O)N[C@H](C(=O)O)C(C)C. The Labute approximate surface area is 200 Å². The molecule has 3 N–H and O–H groups in total. The monoisotopic (exact) mass is 466 g/mol. The number of amides is 2. The highest BCUT2D eigenvalue weighted by atomic mass is 16.5. The molecule has 7 heteroatoms. The van der Waals surface area contributed by atoms with Gasteiger partial charge in [-0.3, -0.25) is 4.79 Å². The molecule has 1 aliphatic rings. The standard InChI is InChI=1S/C27H34N2O5/c1-17(2)25(26(31)32)29-24(30)13-12-18(3)14-15-28-27(33)34-16-23-21-10-6-4-8-19(21)20-9-5-7-11-22(20)23/h4-11,17-18,23,25H,12-16H2,1-3H3,(H,28,33)(H,29,30)(H,31,32)/t18?,25-/m0/s1. The van der Waals surface area contributed by atoms with Crippen molar-refractivity contribution in [1.29, 1.82) is 0 Å². The van der Waals surface area contributed by atoms with Gasteiger partial charge in [-0.2, -0.15) is 0 Å². The van der Waals surface area contributed by atoms with Gasteiger partial charge in [-0.05, 0) is 46.9 Å². The van der Waals surface area contributed by atoms with E-state index < -0.39 is 18.1 Å². The highest BCUT2D eigenvalue weighted by Crippen LogP contribution is 2.44. The lowest BCUT2D eigenvalue weighted by Gasteiger charge is -2.18. The molecule has 34 heavy (non-hydrogen) atoms. The fourth-order valence-electron chi connectivity index (χ4n) is 4.35. The van der Waals surface area contributed by atoms with E-state index in [0.717, 1.165) is 0 Å². The zero-order chi connectivity index (χ0) is 24.7. The number of hydrogen-bond acceptors (Lipinski definition) is 4. The van der Waals surface area contributed by atoms with E-state index in [9.17, 15) is 19.5 Å². The van der Waals surface area contributed by atoms with Crippen molar-refractivity contribution in [3.8, 4) is 11.1 Å². The minimum atomic E-state index is -1.02. The molecule has 182 valence electrons. The van der Waals surface area contributed by atoms with E-state index in [0.29, 0.717) is 19.4 Å². The molecule has 0 heterocycles. The second kappa shape index (κ2) is 11.7. The summed E-state index contributed by atoms with van der Waals surface area (Å²) in [5.74, 6) is -1.25. The number of carbonyl (C=O) groups excluding carboxylic acids is 2. The highest BCUT2D eigenvalue weighted by Gasteiger charge is 2.29. The Kier molecular flexibility index (Phi) is 8.68. The van der Waals surface area contributed by atoms with Gasteiger partial charge >= 0.3 is 12.1 Å². The average Bonchev–Trinajstić information content (AvgIpc) is 3.13. The summed E-state index contributed by atoms with van der Waals surface area (Å²) in [5, 5.41) is 14.6. The van der Waals surface area contributed by atoms with Crippen LogP contribution < -0.4 is 10.6 Å². The van der Waals surface area contributed by atoms with Crippen LogP contribution in [0, 0.1) is 11.8 Å². The number of nitrogens with one attached hydrogen (secondary N) is 2. The third-order valence-electron chi connectivity index (χ3n) is 6.36. The summed E-state index contributed by atoms with van der Waals surface area (Å²) in [6.07, 6.45) is 1.11. The Balaban J connectivity index is 1.38. The number of alkyl carbamates (subject to hydrolysis) is 1. The Bertz CT molecular complexity index is 974. The number of carboxylic acids is 1. The zero-order valence-corrected chi connectivity index (χ0v) is 20.0. The molecule has 0 saturated heterocycles. The number of fused-ring (bicyclic) bond motifs is 3. The van der Waals surface area contributed by atoms with Crippen molar-refractivity contribution >= 4 is 18.0 Å². The fraction of sp³-hybridized carbons (Fsp3) is 0.444. The van der Waals surface area contributed by atoms with E-state index in [-0.39, 0.29) is 36.7 Å². The van der Waals surface area contributed by atoms with Gasteiger partial charge in [0.2, 0.25) is 5.91 Å². The maximum atomic E-state index is 12.3. The van der Waals surface area contributed by atoms with Crippen LogP contribution in [0.2, 0.25) is 0 Å². The molecule has 7 nitrogen and oxygen atoms in total. The number of benzene rings is 2. The number of hydrogen-bond donors (Lipinski definition) is 3.